The van der Waals surface area contributed by atoms with Crippen molar-refractivity contribution in [2.24, 2.45) is 0 Å². The van der Waals surface area contributed by atoms with Crippen LogP contribution in [0.1, 0.15) is 51.6 Å². The zero-order valence-electron chi connectivity index (χ0n) is 18.0. The van der Waals surface area contributed by atoms with E-state index in [1.807, 2.05) is 34.6 Å². The predicted molar refractivity (Wildman–Crippen MR) is 119 cm³/mol. The Bertz CT molecular complexity index is 1120. The Balaban J connectivity index is 1.99. The minimum absolute atomic E-state index is 0.0287. The summed E-state index contributed by atoms with van der Waals surface area (Å²) in [6.07, 6.45) is 0.357. The van der Waals surface area contributed by atoms with Crippen molar-refractivity contribution < 1.29 is 13.2 Å². The number of hydrogen-bond donors (Lipinski definition) is 0. The smallest absolute Gasteiger partial charge is 0.145 e. The van der Waals surface area contributed by atoms with Gasteiger partial charge in [-0.15, -0.1) is 0 Å². The summed E-state index contributed by atoms with van der Waals surface area (Å²) in [5.74, 6) is -1.96. The second-order valence-corrected chi connectivity index (χ2v) is 10.00. The molecule has 31 heavy (non-hydrogen) atoms. The van der Waals surface area contributed by atoms with Gasteiger partial charge in [0, 0.05) is 22.6 Å². The maximum atomic E-state index is 14.7. The fourth-order valence-corrected chi connectivity index (χ4v) is 3.96. The lowest BCUT2D eigenvalue weighted by atomic mass is 9.82. The van der Waals surface area contributed by atoms with E-state index in [2.05, 4.69) is 9.97 Å². The van der Waals surface area contributed by atoms with Crippen molar-refractivity contribution in [3.05, 3.63) is 81.0 Å². The molecule has 0 radical (unpaired) electrons. The Morgan fingerprint density at radius 1 is 0.871 bits per heavy atom. The third-order valence-corrected chi connectivity index (χ3v) is 5.68. The third-order valence-electron chi connectivity index (χ3n) is 5.05. The highest BCUT2D eigenvalue weighted by Gasteiger charge is 2.28. The van der Waals surface area contributed by atoms with E-state index in [-0.39, 0.29) is 21.4 Å². The van der Waals surface area contributed by atoms with E-state index >= 15 is 0 Å². The monoisotopic (exact) mass is 466 g/mol. The zero-order chi connectivity index (χ0) is 23.1. The first-order chi connectivity index (χ1) is 14.3. The number of rotatable bonds is 4. The lowest BCUT2D eigenvalue weighted by Gasteiger charge is -2.26. The van der Waals surface area contributed by atoms with Crippen molar-refractivity contribution in [2.45, 2.75) is 51.9 Å². The summed E-state index contributed by atoms with van der Waals surface area (Å²) in [4.78, 5) is 8.85. The fourth-order valence-electron chi connectivity index (χ4n) is 3.46. The molecule has 0 bridgehead atoms. The van der Waals surface area contributed by atoms with Crippen molar-refractivity contribution in [2.75, 3.05) is 0 Å². The largest absolute Gasteiger partial charge is 0.252 e. The summed E-state index contributed by atoms with van der Waals surface area (Å²) >= 11 is 12.5. The summed E-state index contributed by atoms with van der Waals surface area (Å²) in [5.41, 5.74) is 0.737. The average molecular weight is 467 g/mol. The van der Waals surface area contributed by atoms with Crippen LogP contribution in [0.15, 0.2) is 36.4 Å². The highest BCUT2D eigenvalue weighted by Crippen LogP contribution is 2.35. The van der Waals surface area contributed by atoms with Crippen LogP contribution in [0.2, 0.25) is 10.2 Å². The van der Waals surface area contributed by atoms with E-state index in [0.29, 0.717) is 23.4 Å². The SMILES string of the molecule is CC(C)(C)c1nc(Cl)c(CC(C)(C)c2cccc(-c3c(F)cc(F)cc3Cl)n2)cc1F. The molecule has 0 fully saturated rings. The second kappa shape index (κ2) is 8.44. The Hall–Kier alpha value is -2.11. The summed E-state index contributed by atoms with van der Waals surface area (Å²) in [7, 11) is 0. The first-order valence-corrected chi connectivity index (χ1v) is 10.5. The molecule has 0 saturated heterocycles. The number of nitrogens with zero attached hydrogens (tertiary/aromatic N) is 2. The molecule has 1 aromatic carbocycles. The van der Waals surface area contributed by atoms with Gasteiger partial charge in [-0.05, 0) is 36.2 Å². The van der Waals surface area contributed by atoms with Crippen LogP contribution in [0.3, 0.4) is 0 Å². The van der Waals surface area contributed by atoms with E-state index in [4.69, 9.17) is 23.2 Å². The van der Waals surface area contributed by atoms with Crippen LogP contribution in [-0.2, 0) is 17.3 Å². The summed E-state index contributed by atoms with van der Waals surface area (Å²) < 4.78 is 42.5. The van der Waals surface area contributed by atoms with Crippen molar-refractivity contribution in [3.8, 4) is 11.3 Å². The molecule has 164 valence electrons. The molecule has 0 aliphatic rings. The van der Waals surface area contributed by atoms with Gasteiger partial charge in [0.1, 0.15) is 22.6 Å². The van der Waals surface area contributed by atoms with Gasteiger partial charge in [0.15, 0.2) is 0 Å². The first kappa shape index (κ1) is 23.6. The molecule has 3 rings (SSSR count). The van der Waals surface area contributed by atoms with Crippen molar-refractivity contribution in [1.29, 1.82) is 0 Å². The minimum atomic E-state index is -0.792. The van der Waals surface area contributed by atoms with Gasteiger partial charge in [0.25, 0.3) is 0 Å². The van der Waals surface area contributed by atoms with Gasteiger partial charge < -0.3 is 0 Å². The van der Waals surface area contributed by atoms with E-state index in [1.165, 1.54) is 6.07 Å². The van der Waals surface area contributed by atoms with Crippen molar-refractivity contribution >= 4 is 23.2 Å². The molecule has 3 aromatic rings. The summed E-state index contributed by atoms with van der Waals surface area (Å²) in [6.45, 7) is 9.45. The number of halogens is 5. The van der Waals surface area contributed by atoms with Crippen LogP contribution in [0, 0.1) is 17.5 Å². The lowest BCUT2D eigenvalue weighted by molar-refractivity contribution is 0.486. The molecule has 0 atom stereocenters. The molecule has 2 heterocycles. The molecule has 0 saturated carbocycles. The van der Waals surface area contributed by atoms with E-state index in [1.54, 1.807) is 18.2 Å². The number of aromatic nitrogens is 2. The predicted octanol–water partition coefficient (Wildman–Crippen LogP) is 7.69. The van der Waals surface area contributed by atoms with Crippen LogP contribution >= 0.6 is 23.2 Å². The van der Waals surface area contributed by atoms with Gasteiger partial charge in [-0.1, -0.05) is 63.9 Å². The zero-order valence-corrected chi connectivity index (χ0v) is 19.5. The van der Waals surface area contributed by atoms with Crippen molar-refractivity contribution in [3.63, 3.8) is 0 Å². The molecule has 0 aliphatic carbocycles. The number of pyridine rings is 2. The van der Waals surface area contributed by atoms with Gasteiger partial charge >= 0.3 is 0 Å². The summed E-state index contributed by atoms with van der Waals surface area (Å²) in [6, 6.07) is 8.35. The van der Waals surface area contributed by atoms with Crippen LogP contribution < -0.4 is 0 Å². The van der Waals surface area contributed by atoms with Crippen molar-refractivity contribution in [1.82, 2.24) is 9.97 Å². The lowest BCUT2D eigenvalue weighted by Crippen LogP contribution is -2.24. The molecular weight excluding hydrogens is 444 g/mol. The van der Waals surface area contributed by atoms with Crippen LogP contribution in [0.4, 0.5) is 13.2 Å². The topological polar surface area (TPSA) is 25.8 Å². The maximum absolute atomic E-state index is 14.7. The Morgan fingerprint density at radius 2 is 1.55 bits per heavy atom. The van der Waals surface area contributed by atoms with E-state index in [9.17, 15) is 13.2 Å². The Kier molecular flexibility index (Phi) is 6.41. The first-order valence-electron chi connectivity index (χ1n) is 9.77. The van der Waals surface area contributed by atoms with Gasteiger partial charge in [-0.25, -0.2) is 18.2 Å². The average Bonchev–Trinajstić information content (AvgIpc) is 2.63. The van der Waals surface area contributed by atoms with Crippen LogP contribution in [0.25, 0.3) is 11.3 Å². The molecular formula is C24H23Cl2F3N2. The normalized spacial score (nSPS) is 12.3. The Morgan fingerprint density at radius 3 is 2.16 bits per heavy atom. The minimum Gasteiger partial charge on any atom is -0.252 e. The van der Waals surface area contributed by atoms with Gasteiger partial charge in [0.2, 0.25) is 0 Å². The number of hydrogen-bond acceptors (Lipinski definition) is 2. The standard InChI is InChI=1S/C24H23Cl2F3N2/c1-23(2,3)21-17(29)9-13(22(26)31-21)12-24(4,5)19-8-6-7-18(30-19)20-15(25)10-14(27)11-16(20)28/h6-11H,12H2,1-5H3. The fraction of sp³-hybridized carbons (Fsp3) is 0.333. The van der Waals surface area contributed by atoms with Gasteiger partial charge in [-0.3, -0.25) is 4.98 Å². The quantitative estimate of drug-likeness (QED) is 0.368. The van der Waals surface area contributed by atoms with Crippen LogP contribution in [0.5, 0.6) is 0 Å². The number of benzene rings is 1. The molecule has 2 nitrogen and oxygen atoms in total. The second-order valence-electron chi connectivity index (χ2n) is 9.23. The van der Waals surface area contributed by atoms with Crippen LogP contribution in [-0.4, -0.2) is 9.97 Å². The third kappa shape index (κ3) is 5.04. The molecule has 0 spiro atoms. The molecule has 7 heteroatoms. The maximum Gasteiger partial charge on any atom is 0.145 e. The molecule has 0 aliphatic heterocycles. The molecule has 0 amide bonds. The summed E-state index contributed by atoms with van der Waals surface area (Å²) in [5, 5.41) is 0.176. The molecule has 0 N–H and O–H groups in total. The van der Waals surface area contributed by atoms with Gasteiger partial charge in [0.05, 0.1) is 22.0 Å². The molecule has 0 unspecified atom stereocenters. The highest BCUT2D eigenvalue weighted by atomic mass is 35.5. The highest BCUT2D eigenvalue weighted by molar-refractivity contribution is 6.33. The van der Waals surface area contributed by atoms with E-state index < -0.39 is 28.3 Å². The van der Waals surface area contributed by atoms with Gasteiger partial charge in [-0.2, -0.15) is 0 Å². The Labute approximate surface area is 190 Å². The van der Waals surface area contributed by atoms with E-state index in [0.717, 1.165) is 12.1 Å². The molecule has 2 aromatic heterocycles.